The number of alkyl halides is 3. The Morgan fingerprint density at radius 3 is 1.90 bits per heavy atom. The van der Waals surface area contributed by atoms with Crippen LogP contribution in [0.1, 0.15) is 58.6 Å². The van der Waals surface area contributed by atoms with Crippen molar-refractivity contribution in [3.05, 3.63) is 35.4 Å². The van der Waals surface area contributed by atoms with Crippen LogP contribution in [0.5, 0.6) is 0 Å². The number of benzene rings is 1. The fourth-order valence-corrected chi connectivity index (χ4v) is 2.49. The number of aliphatic hydroxyl groups is 1. The highest BCUT2D eigenvalue weighted by atomic mass is 19.4. The SMILES string of the molecule is CC(C)(C)OC(=O)[C@H](COC(=O)C(C)(C)C)[C@H](CO)c1ccc(C(F)(F)F)cc1. The molecule has 0 heterocycles. The van der Waals surface area contributed by atoms with Gasteiger partial charge in [0.25, 0.3) is 0 Å². The minimum atomic E-state index is -4.50. The van der Waals surface area contributed by atoms with Crippen LogP contribution in [-0.4, -0.2) is 35.9 Å². The summed E-state index contributed by atoms with van der Waals surface area (Å²) in [6.07, 6.45) is -4.50. The van der Waals surface area contributed by atoms with Gasteiger partial charge in [0.2, 0.25) is 0 Å². The van der Waals surface area contributed by atoms with Crippen molar-refractivity contribution in [3.8, 4) is 0 Å². The van der Waals surface area contributed by atoms with E-state index >= 15 is 0 Å². The Bertz CT molecular complexity index is 697. The van der Waals surface area contributed by atoms with Crippen LogP contribution in [-0.2, 0) is 25.2 Å². The van der Waals surface area contributed by atoms with Gasteiger partial charge >= 0.3 is 18.1 Å². The minimum absolute atomic E-state index is 0.308. The van der Waals surface area contributed by atoms with E-state index in [0.29, 0.717) is 5.56 Å². The lowest BCUT2D eigenvalue weighted by atomic mass is 9.86. The smallest absolute Gasteiger partial charge is 0.416 e. The first-order valence-electron chi connectivity index (χ1n) is 9.24. The molecular weight excluding hydrogens is 389 g/mol. The Kier molecular flexibility index (Phi) is 7.87. The molecule has 1 rings (SSSR count). The quantitative estimate of drug-likeness (QED) is 0.697. The third kappa shape index (κ3) is 7.68. The van der Waals surface area contributed by atoms with E-state index in [0.717, 1.165) is 12.1 Å². The molecule has 8 heteroatoms. The van der Waals surface area contributed by atoms with E-state index in [2.05, 4.69) is 0 Å². The lowest BCUT2D eigenvalue weighted by Gasteiger charge is -2.29. The van der Waals surface area contributed by atoms with E-state index in [1.165, 1.54) is 12.1 Å². The molecule has 164 valence electrons. The number of hydrogen-bond acceptors (Lipinski definition) is 5. The first-order chi connectivity index (χ1) is 13.1. The maximum absolute atomic E-state index is 12.8. The van der Waals surface area contributed by atoms with Crippen molar-refractivity contribution >= 4 is 11.9 Å². The maximum Gasteiger partial charge on any atom is 0.416 e. The molecule has 29 heavy (non-hydrogen) atoms. The Hall–Kier alpha value is -2.09. The fraction of sp³-hybridized carbons (Fsp3) is 0.619. The van der Waals surface area contributed by atoms with Crippen molar-refractivity contribution in [1.82, 2.24) is 0 Å². The molecular formula is C21H29F3O5. The van der Waals surface area contributed by atoms with Gasteiger partial charge in [-0.1, -0.05) is 12.1 Å². The predicted molar refractivity (Wildman–Crippen MR) is 101 cm³/mol. The summed E-state index contributed by atoms with van der Waals surface area (Å²) in [6.45, 7) is 9.03. The van der Waals surface area contributed by atoms with Crippen molar-refractivity contribution in [2.24, 2.45) is 11.3 Å². The molecule has 0 aliphatic carbocycles. The van der Waals surface area contributed by atoms with Crippen molar-refractivity contribution in [2.75, 3.05) is 13.2 Å². The van der Waals surface area contributed by atoms with E-state index in [1.807, 2.05) is 0 Å². The van der Waals surface area contributed by atoms with Gasteiger partial charge in [-0.05, 0) is 59.2 Å². The Morgan fingerprint density at radius 1 is 1.00 bits per heavy atom. The third-order valence-corrected chi connectivity index (χ3v) is 4.06. The number of aliphatic hydroxyl groups excluding tert-OH is 1. The second-order valence-corrected chi connectivity index (χ2v) is 8.90. The monoisotopic (exact) mass is 418 g/mol. The molecule has 0 fully saturated rings. The van der Waals surface area contributed by atoms with Crippen LogP contribution in [0.4, 0.5) is 13.2 Å². The summed E-state index contributed by atoms with van der Waals surface area (Å²) in [4.78, 5) is 24.8. The van der Waals surface area contributed by atoms with Crippen molar-refractivity contribution in [2.45, 2.75) is 59.2 Å². The number of ether oxygens (including phenoxy) is 2. The summed E-state index contributed by atoms with van der Waals surface area (Å²) >= 11 is 0. The molecule has 0 bridgehead atoms. The molecule has 0 aliphatic rings. The first-order valence-corrected chi connectivity index (χ1v) is 9.24. The Balaban J connectivity index is 3.18. The van der Waals surface area contributed by atoms with E-state index in [9.17, 15) is 27.9 Å². The molecule has 0 aromatic heterocycles. The summed E-state index contributed by atoms with van der Waals surface area (Å²) < 4.78 is 49.1. The molecule has 0 spiro atoms. The van der Waals surface area contributed by atoms with Gasteiger partial charge in [0, 0.05) is 5.92 Å². The highest BCUT2D eigenvalue weighted by molar-refractivity contribution is 5.77. The number of hydrogen-bond donors (Lipinski definition) is 1. The van der Waals surface area contributed by atoms with Crippen LogP contribution in [0.25, 0.3) is 0 Å². The molecule has 0 amide bonds. The van der Waals surface area contributed by atoms with Crippen LogP contribution >= 0.6 is 0 Å². The number of carbonyl (C=O) groups is 2. The number of esters is 2. The van der Waals surface area contributed by atoms with Crippen molar-refractivity contribution in [3.63, 3.8) is 0 Å². The zero-order chi connectivity index (χ0) is 22.6. The van der Waals surface area contributed by atoms with Gasteiger partial charge in [0.05, 0.1) is 17.6 Å². The topological polar surface area (TPSA) is 72.8 Å². The Morgan fingerprint density at radius 2 is 1.52 bits per heavy atom. The van der Waals surface area contributed by atoms with Crippen LogP contribution in [0, 0.1) is 11.3 Å². The zero-order valence-electron chi connectivity index (χ0n) is 17.6. The molecule has 2 atom stereocenters. The van der Waals surface area contributed by atoms with Gasteiger partial charge in [0.15, 0.2) is 0 Å². The summed E-state index contributed by atoms with van der Waals surface area (Å²) in [6, 6.07) is 4.16. The van der Waals surface area contributed by atoms with E-state index in [-0.39, 0.29) is 6.61 Å². The van der Waals surface area contributed by atoms with Gasteiger partial charge in [-0.3, -0.25) is 9.59 Å². The molecule has 0 unspecified atom stereocenters. The van der Waals surface area contributed by atoms with E-state index < -0.39 is 53.1 Å². The summed E-state index contributed by atoms with van der Waals surface area (Å²) in [5.74, 6) is -3.24. The number of carbonyl (C=O) groups excluding carboxylic acids is 2. The predicted octanol–water partition coefficient (Wildman–Crippen LogP) is 4.33. The average molecular weight is 418 g/mol. The minimum Gasteiger partial charge on any atom is -0.464 e. The largest absolute Gasteiger partial charge is 0.464 e. The lowest BCUT2D eigenvalue weighted by Crippen LogP contribution is -2.37. The molecule has 5 nitrogen and oxygen atoms in total. The molecule has 0 aliphatic heterocycles. The van der Waals surface area contributed by atoms with Crippen LogP contribution in [0.15, 0.2) is 24.3 Å². The molecule has 0 saturated heterocycles. The van der Waals surface area contributed by atoms with Gasteiger partial charge < -0.3 is 14.6 Å². The zero-order valence-corrected chi connectivity index (χ0v) is 17.6. The summed E-state index contributed by atoms with van der Waals surface area (Å²) in [5, 5.41) is 9.88. The van der Waals surface area contributed by atoms with E-state index in [1.54, 1.807) is 41.5 Å². The summed E-state index contributed by atoms with van der Waals surface area (Å²) in [7, 11) is 0. The van der Waals surface area contributed by atoms with Crippen LogP contribution < -0.4 is 0 Å². The standard InChI is InChI=1S/C21H29F3O5/c1-19(2,3)18(27)28-12-16(17(26)29-20(4,5)6)15(11-25)13-7-9-14(10-8-13)21(22,23)24/h7-10,15-16,25H,11-12H2,1-6H3/t15-,16-/m1/s1. The first kappa shape index (κ1) is 24.9. The number of halogens is 3. The molecule has 0 radical (unpaired) electrons. The van der Waals surface area contributed by atoms with Crippen LogP contribution in [0.2, 0.25) is 0 Å². The highest BCUT2D eigenvalue weighted by Gasteiger charge is 2.36. The van der Waals surface area contributed by atoms with Gasteiger partial charge in [-0.2, -0.15) is 13.2 Å². The second-order valence-electron chi connectivity index (χ2n) is 8.90. The van der Waals surface area contributed by atoms with Crippen LogP contribution in [0.3, 0.4) is 0 Å². The molecule has 0 saturated carbocycles. The summed E-state index contributed by atoms with van der Waals surface area (Å²) in [5.41, 5.74) is -2.17. The van der Waals surface area contributed by atoms with Gasteiger partial charge in [-0.25, -0.2) is 0 Å². The highest BCUT2D eigenvalue weighted by Crippen LogP contribution is 2.33. The fourth-order valence-electron chi connectivity index (χ4n) is 2.49. The lowest BCUT2D eigenvalue weighted by molar-refractivity contribution is -0.168. The molecule has 1 aromatic carbocycles. The molecule has 1 aromatic rings. The average Bonchev–Trinajstić information content (AvgIpc) is 2.55. The normalized spacial score (nSPS) is 14.8. The second kappa shape index (κ2) is 9.15. The van der Waals surface area contributed by atoms with E-state index in [4.69, 9.17) is 9.47 Å². The van der Waals surface area contributed by atoms with Gasteiger partial charge in [0.1, 0.15) is 18.1 Å². The van der Waals surface area contributed by atoms with Gasteiger partial charge in [-0.15, -0.1) is 0 Å². The van der Waals surface area contributed by atoms with Crippen molar-refractivity contribution in [1.29, 1.82) is 0 Å². The third-order valence-electron chi connectivity index (χ3n) is 4.06. The Labute approximate surface area is 169 Å². The maximum atomic E-state index is 12.8. The molecule has 1 N–H and O–H groups in total. The van der Waals surface area contributed by atoms with Crippen molar-refractivity contribution < 1.29 is 37.3 Å². The number of rotatable bonds is 6.